The summed E-state index contributed by atoms with van der Waals surface area (Å²) < 4.78 is 6.73. The molecule has 2 rings (SSSR count). The fourth-order valence-corrected chi connectivity index (χ4v) is 2.04. The highest BCUT2D eigenvalue weighted by molar-refractivity contribution is 5.91. The molecular weight excluding hydrogens is 294 g/mol. The van der Waals surface area contributed by atoms with E-state index in [-0.39, 0.29) is 12.5 Å². The van der Waals surface area contributed by atoms with Crippen LogP contribution in [0.3, 0.4) is 0 Å². The van der Waals surface area contributed by atoms with Crippen molar-refractivity contribution in [3.05, 3.63) is 54.6 Å². The fourth-order valence-electron chi connectivity index (χ4n) is 2.04. The van der Waals surface area contributed by atoms with Gasteiger partial charge in [0.1, 0.15) is 0 Å². The molecule has 1 aromatic carbocycles. The van der Waals surface area contributed by atoms with E-state index in [0.717, 1.165) is 11.3 Å². The number of aromatic nitrogens is 2. The van der Waals surface area contributed by atoms with Gasteiger partial charge in [-0.3, -0.25) is 4.79 Å². The predicted octanol–water partition coefficient (Wildman–Crippen LogP) is 1.40. The summed E-state index contributed by atoms with van der Waals surface area (Å²) in [7, 11) is 1.53. The average molecular weight is 315 g/mol. The summed E-state index contributed by atoms with van der Waals surface area (Å²) >= 11 is 0. The number of methoxy groups -OCH3 is 1. The van der Waals surface area contributed by atoms with Crippen molar-refractivity contribution >= 4 is 12.0 Å². The van der Waals surface area contributed by atoms with E-state index in [4.69, 9.17) is 4.74 Å². The molecule has 1 heterocycles. The van der Waals surface area contributed by atoms with Crippen LogP contribution in [0.1, 0.15) is 12.0 Å². The van der Waals surface area contributed by atoms with Crippen LogP contribution in [0, 0.1) is 0 Å². The zero-order chi connectivity index (χ0) is 16.5. The van der Waals surface area contributed by atoms with Crippen LogP contribution in [-0.4, -0.2) is 46.9 Å². The molecule has 1 aromatic heterocycles. The standard InChI is InChI=1S/C17H21N3O3/c1-23-12-16(21)8-9-19-17(22)7-4-14-2-5-15(6-3-14)20-11-10-18-13-20/h2-7,10-11,13,16,21H,8-9,12H2,1H3,(H,19,22)/b7-4+. The van der Waals surface area contributed by atoms with Crippen LogP contribution in [0.5, 0.6) is 0 Å². The van der Waals surface area contributed by atoms with E-state index in [1.54, 1.807) is 18.6 Å². The number of aliphatic hydroxyl groups is 1. The molecule has 0 bridgehead atoms. The third-order valence-corrected chi connectivity index (χ3v) is 3.26. The van der Waals surface area contributed by atoms with Crippen molar-refractivity contribution in [3.8, 4) is 5.69 Å². The van der Waals surface area contributed by atoms with Crippen molar-refractivity contribution in [2.24, 2.45) is 0 Å². The van der Waals surface area contributed by atoms with Crippen molar-refractivity contribution in [1.82, 2.24) is 14.9 Å². The zero-order valence-electron chi connectivity index (χ0n) is 13.1. The van der Waals surface area contributed by atoms with Crippen molar-refractivity contribution in [3.63, 3.8) is 0 Å². The van der Waals surface area contributed by atoms with Gasteiger partial charge in [-0.15, -0.1) is 0 Å². The van der Waals surface area contributed by atoms with Crippen molar-refractivity contribution in [2.45, 2.75) is 12.5 Å². The van der Waals surface area contributed by atoms with Gasteiger partial charge in [0.2, 0.25) is 5.91 Å². The Labute approximate surface area is 135 Å². The van der Waals surface area contributed by atoms with Gasteiger partial charge in [0.25, 0.3) is 0 Å². The quantitative estimate of drug-likeness (QED) is 0.722. The Kier molecular flexibility index (Phi) is 6.53. The molecule has 2 aromatic rings. The van der Waals surface area contributed by atoms with Gasteiger partial charge in [0.05, 0.1) is 19.0 Å². The first kappa shape index (κ1) is 16.9. The number of carbonyl (C=O) groups excluding carboxylic acids is 1. The average Bonchev–Trinajstić information content (AvgIpc) is 3.08. The molecule has 1 unspecified atom stereocenters. The lowest BCUT2D eigenvalue weighted by atomic mass is 10.2. The second-order valence-corrected chi connectivity index (χ2v) is 5.08. The summed E-state index contributed by atoms with van der Waals surface area (Å²) in [4.78, 5) is 15.7. The van der Waals surface area contributed by atoms with E-state index < -0.39 is 6.10 Å². The molecule has 2 N–H and O–H groups in total. The minimum atomic E-state index is -0.556. The third-order valence-electron chi connectivity index (χ3n) is 3.26. The molecule has 1 atom stereocenters. The second kappa shape index (κ2) is 8.87. The lowest BCUT2D eigenvalue weighted by Crippen LogP contribution is -2.27. The van der Waals surface area contributed by atoms with E-state index in [1.807, 2.05) is 35.0 Å². The minimum absolute atomic E-state index is 0.187. The number of aliphatic hydroxyl groups excluding tert-OH is 1. The lowest BCUT2D eigenvalue weighted by Gasteiger charge is -2.08. The van der Waals surface area contributed by atoms with Crippen LogP contribution in [0.4, 0.5) is 0 Å². The van der Waals surface area contributed by atoms with Gasteiger partial charge in [0, 0.05) is 37.8 Å². The Bertz CT molecular complexity index is 621. The smallest absolute Gasteiger partial charge is 0.244 e. The normalized spacial score (nSPS) is 12.4. The number of ether oxygens (including phenoxy) is 1. The molecular formula is C17H21N3O3. The first-order valence-corrected chi connectivity index (χ1v) is 7.40. The highest BCUT2D eigenvalue weighted by Crippen LogP contribution is 2.10. The first-order valence-electron chi connectivity index (χ1n) is 7.40. The van der Waals surface area contributed by atoms with Crippen LogP contribution in [0.15, 0.2) is 49.1 Å². The van der Waals surface area contributed by atoms with Crippen molar-refractivity contribution < 1.29 is 14.6 Å². The van der Waals surface area contributed by atoms with Crippen molar-refractivity contribution in [2.75, 3.05) is 20.3 Å². The molecule has 0 aliphatic rings. The highest BCUT2D eigenvalue weighted by atomic mass is 16.5. The molecule has 0 saturated heterocycles. The molecule has 6 nitrogen and oxygen atoms in total. The Morgan fingerprint density at radius 3 is 2.87 bits per heavy atom. The van der Waals surface area contributed by atoms with Gasteiger partial charge in [-0.2, -0.15) is 0 Å². The van der Waals surface area contributed by atoms with Crippen LogP contribution < -0.4 is 5.32 Å². The lowest BCUT2D eigenvalue weighted by molar-refractivity contribution is -0.116. The number of imidazole rings is 1. The van der Waals surface area contributed by atoms with E-state index in [9.17, 15) is 9.90 Å². The summed E-state index contributed by atoms with van der Waals surface area (Å²) in [6, 6.07) is 7.78. The molecule has 0 saturated carbocycles. The van der Waals surface area contributed by atoms with Gasteiger partial charge < -0.3 is 19.7 Å². The maximum atomic E-state index is 11.7. The number of amides is 1. The minimum Gasteiger partial charge on any atom is -0.391 e. The molecule has 0 spiro atoms. The number of carbonyl (C=O) groups is 1. The number of benzene rings is 1. The fraction of sp³-hybridized carbons (Fsp3) is 0.294. The van der Waals surface area contributed by atoms with Crippen LogP contribution in [0.2, 0.25) is 0 Å². The van der Waals surface area contributed by atoms with E-state index in [1.165, 1.54) is 13.2 Å². The summed E-state index contributed by atoms with van der Waals surface area (Å²) in [5.41, 5.74) is 1.94. The maximum Gasteiger partial charge on any atom is 0.244 e. The molecule has 6 heteroatoms. The van der Waals surface area contributed by atoms with Crippen molar-refractivity contribution in [1.29, 1.82) is 0 Å². The SMILES string of the molecule is COCC(O)CCNC(=O)/C=C/c1ccc(-n2ccnc2)cc1. The Morgan fingerprint density at radius 2 is 2.22 bits per heavy atom. The molecule has 0 fully saturated rings. The topological polar surface area (TPSA) is 76.4 Å². The monoisotopic (exact) mass is 315 g/mol. The summed E-state index contributed by atoms with van der Waals surface area (Å²) in [6.07, 6.45) is 8.47. The zero-order valence-corrected chi connectivity index (χ0v) is 13.1. The second-order valence-electron chi connectivity index (χ2n) is 5.08. The predicted molar refractivity (Wildman–Crippen MR) is 88.1 cm³/mol. The van der Waals surface area contributed by atoms with Gasteiger partial charge in [-0.05, 0) is 30.2 Å². The summed E-state index contributed by atoms with van der Waals surface area (Å²) in [5, 5.41) is 12.2. The summed E-state index contributed by atoms with van der Waals surface area (Å²) in [6.45, 7) is 0.683. The highest BCUT2D eigenvalue weighted by Gasteiger charge is 2.03. The number of nitrogens with one attached hydrogen (secondary N) is 1. The molecule has 1 amide bonds. The van der Waals surface area contributed by atoms with Gasteiger partial charge in [-0.1, -0.05) is 12.1 Å². The van der Waals surface area contributed by atoms with E-state index >= 15 is 0 Å². The molecule has 0 aliphatic carbocycles. The largest absolute Gasteiger partial charge is 0.391 e. The van der Waals surface area contributed by atoms with Gasteiger partial charge in [-0.25, -0.2) is 4.98 Å². The van der Waals surface area contributed by atoms with Crippen LogP contribution in [0.25, 0.3) is 11.8 Å². The number of hydrogen-bond acceptors (Lipinski definition) is 4. The number of nitrogens with zero attached hydrogens (tertiary/aromatic N) is 2. The van der Waals surface area contributed by atoms with Crippen LogP contribution in [-0.2, 0) is 9.53 Å². The molecule has 23 heavy (non-hydrogen) atoms. The Hall–Kier alpha value is -2.44. The molecule has 0 aliphatic heterocycles. The Balaban J connectivity index is 1.79. The van der Waals surface area contributed by atoms with E-state index in [0.29, 0.717) is 13.0 Å². The number of hydrogen-bond donors (Lipinski definition) is 2. The first-order chi connectivity index (χ1) is 11.2. The molecule has 0 radical (unpaired) electrons. The molecule has 122 valence electrons. The van der Waals surface area contributed by atoms with Gasteiger partial charge >= 0.3 is 0 Å². The van der Waals surface area contributed by atoms with Crippen LogP contribution >= 0.6 is 0 Å². The number of rotatable bonds is 8. The summed E-state index contributed by atoms with van der Waals surface area (Å²) in [5.74, 6) is -0.187. The Morgan fingerprint density at radius 1 is 1.43 bits per heavy atom. The third kappa shape index (κ3) is 5.69. The van der Waals surface area contributed by atoms with Gasteiger partial charge in [0.15, 0.2) is 0 Å². The van der Waals surface area contributed by atoms with E-state index in [2.05, 4.69) is 10.3 Å². The maximum absolute atomic E-state index is 11.7.